The highest BCUT2D eigenvalue weighted by Crippen LogP contribution is 2.21. The standard InChI is InChI=1S/C20H22N4O2/c1-14-21-9-8-19(23-14)26-16-5-4-10-24(13-16)20(25)11-15-12-22-18-7-3-2-6-17(15)18/h2-3,6-9,12,16,22H,4-5,10-11,13H2,1H3. The third-order valence-corrected chi connectivity index (χ3v) is 4.79. The zero-order chi connectivity index (χ0) is 17.9. The highest BCUT2D eigenvalue weighted by atomic mass is 16.5. The number of nitrogens with one attached hydrogen (secondary N) is 1. The average molecular weight is 350 g/mol. The molecule has 0 radical (unpaired) electrons. The molecule has 0 bridgehead atoms. The number of amides is 1. The number of aromatic nitrogens is 3. The lowest BCUT2D eigenvalue weighted by Gasteiger charge is -2.32. The summed E-state index contributed by atoms with van der Waals surface area (Å²) in [6.45, 7) is 3.22. The van der Waals surface area contributed by atoms with E-state index in [1.54, 1.807) is 12.3 Å². The molecule has 0 aliphatic carbocycles. The van der Waals surface area contributed by atoms with Gasteiger partial charge in [-0.1, -0.05) is 18.2 Å². The summed E-state index contributed by atoms with van der Waals surface area (Å²) in [5.74, 6) is 1.40. The number of hydrogen-bond donors (Lipinski definition) is 1. The van der Waals surface area contributed by atoms with Crippen molar-refractivity contribution in [3.8, 4) is 5.88 Å². The van der Waals surface area contributed by atoms with Crippen LogP contribution >= 0.6 is 0 Å². The van der Waals surface area contributed by atoms with E-state index in [0.717, 1.165) is 35.9 Å². The number of aromatic amines is 1. The first kappa shape index (κ1) is 16.6. The number of likely N-dealkylation sites (tertiary alicyclic amines) is 1. The number of para-hydroxylation sites is 1. The Morgan fingerprint density at radius 1 is 1.35 bits per heavy atom. The fourth-order valence-corrected chi connectivity index (χ4v) is 3.48. The highest BCUT2D eigenvalue weighted by molar-refractivity contribution is 5.88. The van der Waals surface area contributed by atoms with E-state index in [1.165, 1.54) is 0 Å². The smallest absolute Gasteiger partial charge is 0.227 e. The lowest BCUT2D eigenvalue weighted by molar-refractivity contribution is -0.133. The van der Waals surface area contributed by atoms with E-state index in [0.29, 0.717) is 24.7 Å². The van der Waals surface area contributed by atoms with Gasteiger partial charge in [-0.25, -0.2) is 4.98 Å². The van der Waals surface area contributed by atoms with Crippen molar-refractivity contribution in [1.82, 2.24) is 19.9 Å². The van der Waals surface area contributed by atoms with Gasteiger partial charge in [0.2, 0.25) is 11.8 Å². The van der Waals surface area contributed by atoms with Crippen molar-refractivity contribution in [2.45, 2.75) is 32.3 Å². The molecular weight excluding hydrogens is 328 g/mol. The molecule has 1 unspecified atom stereocenters. The molecule has 3 aromatic rings. The lowest BCUT2D eigenvalue weighted by atomic mass is 10.1. The van der Waals surface area contributed by atoms with E-state index in [1.807, 2.05) is 42.3 Å². The van der Waals surface area contributed by atoms with Crippen LogP contribution in [-0.2, 0) is 11.2 Å². The van der Waals surface area contributed by atoms with Gasteiger partial charge in [-0.3, -0.25) is 4.79 Å². The fraction of sp³-hybridized carbons (Fsp3) is 0.350. The quantitative estimate of drug-likeness (QED) is 0.785. The van der Waals surface area contributed by atoms with Crippen LogP contribution in [0.25, 0.3) is 10.9 Å². The maximum atomic E-state index is 12.8. The molecule has 6 nitrogen and oxygen atoms in total. The third kappa shape index (κ3) is 3.54. The largest absolute Gasteiger partial charge is 0.472 e. The zero-order valence-electron chi connectivity index (χ0n) is 14.8. The highest BCUT2D eigenvalue weighted by Gasteiger charge is 2.25. The van der Waals surface area contributed by atoms with E-state index in [2.05, 4.69) is 15.0 Å². The van der Waals surface area contributed by atoms with Gasteiger partial charge < -0.3 is 14.6 Å². The summed E-state index contributed by atoms with van der Waals surface area (Å²) < 4.78 is 5.97. The van der Waals surface area contributed by atoms with E-state index in [-0.39, 0.29) is 12.0 Å². The Labute approximate surface area is 152 Å². The second kappa shape index (κ2) is 7.15. The molecule has 1 N–H and O–H groups in total. The van der Waals surface area contributed by atoms with Gasteiger partial charge in [0, 0.05) is 35.9 Å². The average Bonchev–Trinajstić information content (AvgIpc) is 3.05. The first-order chi connectivity index (χ1) is 12.7. The number of benzene rings is 1. The first-order valence-corrected chi connectivity index (χ1v) is 8.98. The van der Waals surface area contributed by atoms with Crippen molar-refractivity contribution in [2.75, 3.05) is 13.1 Å². The van der Waals surface area contributed by atoms with Crippen molar-refractivity contribution < 1.29 is 9.53 Å². The van der Waals surface area contributed by atoms with Gasteiger partial charge in [0.1, 0.15) is 11.9 Å². The Morgan fingerprint density at radius 2 is 2.23 bits per heavy atom. The van der Waals surface area contributed by atoms with E-state index in [9.17, 15) is 4.79 Å². The number of H-pyrrole nitrogens is 1. The van der Waals surface area contributed by atoms with E-state index >= 15 is 0 Å². The minimum Gasteiger partial charge on any atom is -0.472 e. The molecule has 134 valence electrons. The van der Waals surface area contributed by atoms with Crippen molar-refractivity contribution >= 4 is 16.8 Å². The van der Waals surface area contributed by atoms with E-state index < -0.39 is 0 Å². The number of nitrogens with zero attached hydrogens (tertiary/aromatic N) is 3. The number of ether oxygens (including phenoxy) is 1. The molecule has 1 atom stereocenters. The molecule has 1 aliphatic rings. The summed E-state index contributed by atoms with van der Waals surface area (Å²) in [4.78, 5) is 26.3. The Bertz CT molecular complexity index is 921. The predicted octanol–water partition coefficient (Wildman–Crippen LogP) is 2.88. The third-order valence-electron chi connectivity index (χ3n) is 4.79. The van der Waals surface area contributed by atoms with Crippen LogP contribution in [0.3, 0.4) is 0 Å². The number of carbonyl (C=O) groups excluding carboxylic acids is 1. The second-order valence-corrected chi connectivity index (χ2v) is 6.70. The van der Waals surface area contributed by atoms with Crippen LogP contribution < -0.4 is 4.74 Å². The number of fused-ring (bicyclic) bond motifs is 1. The molecule has 26 heavy (non-hydrogen) atoms. The van der Waals surface area contributed by atoms with Gasteiger partial charge in [-0.15, -0.1) is 0 Å². The Hall–Kier alpha value is -2.89. The van der Waals surface area contributed by atoms with Gasteiger partial charge in [-0.05, 0) is 31.4 Å². The van der Waals surface area contributed by atoms with Crippen molar-refractivity contribution in [3.05, 3.63) is 54.1 Å². The van der Waals surface area contributed by atoms with Crippen LogP contribution in [0.5, 0.6) is 5.88 Å². The summed E-state index contributed by atoms with van der Waals surface area (Å²) >= 11 is 0. The maximum Gasteiger partial charge on any atom is 0.227 e. The molecular formula is C20H22N4O2. The van der Waals surface area contributed by atoms with Gasteiger partial charge in [0.15, 0.2) is 0 Å². The molecule has 3 heterocycles. The van der Waals surface area contributed by atoms with Crippen LogP contribution in [0.2, 0.25) is 0 Å². The molecule has 1 amide bonds. The topological polar surface area (TPSA) is 71.1 Å². The Morgan fingerprint density at radius 3 is 3.12 bits per heavy atom. The number of aryl methyl sites for hydroxylation is 1. The van der Waals surface area contributed by atoms with Gasteiger partial charge in [0.25, 0.3) is 0 Å². The lowest BCUT2D eigenvalue weighted by Crippen LogP contribution is -2.45. The minimum absolute atomic E-state index is 0.0232. The summed E-state index contributed by atoms with van der Waals surface area (Å²) in [5.41, 5.74) is 2.11. The molecule has 0 saturated carbocycles. The SMILES string of the molecule is Cc1nccc(OC2CCCN(C(=O)Cc3c[nH]c4ccccc34)C2)n1. The van der Waals surface area contributed by atoms with Crippen molar-refractivity contribution in [3.63, 3.8) is 0 Å². The number of rotatable bonds is 4. The molecule has 1 fully saturated rings. The number of piperidine rings is 1. The summed E-state index contributed by atoms with van der Waals surface area (Å²) in [7, 11) is 0. The summed E-state index contributed by atoms with van der Waals surface area (Å²) in [5, 5.41) is 1.11. The number of carbonyl (C=O) groups is 1. The molecule has 1 saturated heterocycles. The van der Waals surface area contributed by atoms with Crippen LogP contribution in [0.4, 0.5) is 0 Å². The van der Waals surface area contributed by atoms with Crippen molar-refractivity contribution in [1.29, 1.82) is 0 Å². The first-order valence-electron chi connectivity index (χ1n) is 8.98. The molecule has 6 heteroatoms. The van der Waals surface area contributed by atoms with Crippen LogP contribution in [0, 0.1) is 6.92 Å². The fourth-order valence-electron chi connectivity index (χ4n) is 3.48. The van der Waals surface area contributed by atoms with Crippen LogP contribution in [0.15, 0.2) is 42.7 Å². The number of hydrogen-bond acceptors (Lipinski definition) is 4. The second-order valence-electron chi connectivity index (χ2n) is 6.70. The van der Waals surface area contributed by atoms with E-state index in [4.69, 9.17) is 4.74 Å². The minimum atomic E-state index is -0.0232. The molecule has 2 aromatic heterocycles. The molecule has 0 spiro atoms. The molecule has 1 aliphatic heterocycles. The van der Waals surface area contributed by atoms with Gasteiger partial charge in [0.05, 0.1) is 13.0 Å². The monoisotopic (exact) mass is 350 g/mol. The maximum absolute atomic E-state index is 12.8. The molecule has 1 aromatic carbocycles. The normalized spacial score (nSPS) is 17.4. The predicted molar refractivity (Wildman–Crippen MR) is 99.0 cm³/mol. The zero-order valence-corrected chi connectivity index (χ0v) is 14.8. The van der Waals surface area contributed by atoms with Crippen LogP contribution in [0.1, 0.15) is 24.2 Å². The van der Waals surface area contributed by atoms with Crippen molar-refractivity contribution in [2.24, 2.45) is 0 Å². The Balaban J connectivity index is 1.41. The Kier molecular flexibility index (Phi) is 4.56. The van der Waals surface area contributed by atoms with Crippen LogP contribution in [-0.4, -0.2) is 45.0 Å². The summed E-state index contributed by atoms with van der Waals surface area (Å²) in [6, 6.07) is 9.83. The molecule has 4 rings (SSSR count). The van der Waals surface area contributed by atoms with Gasteiger partial charge in [-0.2, -0.15) is 4.98 Å². The van der Waals surface area contributed by atoms with Gasteiger partial charge >= 0.3 is 0 Å². The summed E-state index contributed by atoms with van der Waals surface area (Å²) in [6.07, 6.45) is 5.88.